The monoisotopic (exact) mass is 433 g/mol. The van der Waals surface area contributed by atoms with Crippen LogP contribution in [0, 0.1) is 0 Å². The topological polar surface area (TPSA) is 107 Å². The number of anilines is 1. The smallest absolute Gasteiger partial charge is 0.258 e. The predicted molar refractivity (Wildman–Crippen MR) is 120 cm³/mol. The van der Waals surface area contributed by atoms with E-state index in [4.69, 9.17) is 27.1 Å². The molecule has 1 fully saturated rings. The number of nitrogens with one attached hydrogen (secondary N) is 1. The number of Topliss-reactive ketones (excluding diaryl/α,β-unsaturated/α-hetero) is 1. The largest absolute Gasteiger partial charge is 0.471 e. The van der Waals surface area contributed by atoms with E-state index in [0.717, 1.165) is 34.9 Å². The number of fused-ring (bicyclic) bond motifs is 1. The summed E-state index contributed by atoms with van der Waals surface area (Å²) in [4.78, 5) is 21.2. The van der Waals surface area contributed by atoms with Crippen LogP contribution in [-0.2, 0) is 4.79 Å². The van der Waals surface area contributed by atoms with Gasteiger partial charge in [-0.15, -0.1) is 0 Å². The minimum atomic E-state index is -0.242. The number of benzene rings is 2. The molecule has 1 unspecified atom stereocenters. The molecule has 1 aliphatic rings. The Morgan fingerprint density at radius 2 is 1.90 bits per heavy atom. The minimum Gasteiger partial charge on any atom is -0.471 e. The van der Waals surface area contributed by atoms with Crippen LogP contribution in [0.5, 0.6) is 5.88 Å². The third-order valence-electron chi connectivity index (χ3n) is 5.43. The van der Waals surface area contributed by atoms with Crippen LogP contribution in [0.2, 0.25) is 5.02 Å². The first-order valence-electron chi connectivity index (χ1n) is 10.1. The molecule has 0 radical (unpaired) electrons. The lowest BCUT2D eigenvalue weighted by molar-refractivity contribution is -0.122. The summed E-state index contributed by atoms with van der Waals surface area (Å²) < 4.78 is 6.04. The number of ketones is 1. The molecule has 3 N–H and O–H groups in total. The molecule has 2 heterocycles. The van der Waals surface area contributed by atoms with E-state index in [1.165, 1.54) is 0 Å². The van der Waals surface area contributed by atoms with Gasteiger partial charge in [0.1, 0.15) is 17.6 Å². The molecule has 0 spiro atoms. The molecule has 0 aliphatic heterocycles. The Kier molecular flexibility index (Phi) is 5.03. The van der Waals surface area contributed by atoms with Crippen molar-refractivity contribution in [2.45, 2.75) is 31.8 Å². The van der Waals surface area contributed by atoms with Crippen LogP contribution in [0.4, 0.5) is 5.82 Å². The molecule has 31 heavy (non-hydrogen) atoms. The lowest BCUT2D eigenvalue weighted by Gasteiger charge is -2.23. The molecule has 0 saturated heterocycles. The molecule has 156 valence electrons. The lowest BCUT2D eigenvalue weighted by Crippen LogP contribution is -2.26. The molecule has 0 bridgehead atoms. The van der Waals surface area contributed by atoms with E-state index in [1.807, 2.05) is 42.5 Å². The van der Waals surface area contributed by atoms with Crippen LogP contribution >= 0.6 is 11.6 Å². The Hall–Kier alpha value is -3.45. The Morgan fingerprint density at radius 3 is 2.71 bits per heavy atom. The van der Waals surface area contributed by atoms with Crippen LogP contribution in [0.3, 0.4) is 0 Å². The standard InChI is InChI=1S/C23H20ClN5O2/c24-18-10-14(9-15-12-26-29-19(15)18)21-20(13-5-2-1-3-6-13)27-22(25)23(28-21)31-17-8-4-7-16(30)11-17/h1-3,5-6,9-10,12,17H,4,7-8,11H2,(H2,25,27)(H,26,29). The van der Waals surface area contributed by atoms with Crippen LogP contribution in [0.1, 0.15) is 25.7 Å². The van der Waals surface area contributed by atoms with Crippen molar-refractivity contribution in [3.05, 3.63) is 53.7 Å². The van der Waals surface area contributed by atoms with Crippen LogP contribution < -0.4 is 10.5 Å². The van der Waals surface area contributed by atoms with Gasteiger partial charge in [-0.25, -0.2) is 9.97 Å². The fourth-order valence-corrected chi connectivity index (χ4v) is 4.18. The van der Waals surface area contributed by atoms with Gasteiger partial charge in [-0.1, -0.05) is 41.9 Å². The zero-order valence-electron chi connectivity index (χ0n) is 16.6. The summed E-state index contributed by atoms with van der Waals surface area (Å²) >= 11 is 6.48. The van der Waals surface area contributed by atoms with E-state index >= 15 is 0 Å². The number of H-pyrrole nitrogens is 1. The van der Waals surface area contributed by atoms with Crippen LogP contribution in [0.25, 0.3) is 33.4 Å². The predicted octanol–water partition coefficient (Wildman–Crippen LogP) is 4.81. The lowest BCUT2D eigenvalue weighted by atomic mass is 9.96. The number of carbonyl (C=O) groups excluding carboxylic acids is 1. The number of hydrogen-bond donors (Lipinski definition) is 2. The maximum Gasteiger partial charge on any atom is 0.258 e. The highest BCUT2D eigenvalue weighted by molar-refractivity contribution is 6.35. The van der Waals surface area contributed by atoms with Crippen molar-refractivity contribution in [2.24, 2.45) is 0 Å². The molecule has 2 aromatic carbocycles. The average molecular weight is 434 g/mol. The Labute approximate surface area is 183 Å². The third kappa shape index (κ3) is 3.84. The number of nitrogens with two attached hydrogens (primary N) is 1. The number of halogens is 1. The molecule has 2 aromatic heterocycles. The van der Waals surface area contributed by atoms with Gasteiger partial charge in [-0.05, 0) is 25.0 Å². The highest BCUT2D eigenvalue weighted by Crippen LogP contribution is 2.37. The number of carbonyl (C=O) groups is 1. The fourth-order valence-electron chi connectivity index (χ4n) is 3.91. The van der Waals surface area contributed by atoms with E-state index in [-0.39, 0.29) is 23.6 Å². The molecule has 1 aliphatic carbocycles. The molecule has 5 rings (SSSR count). The summed E-state index contributed by atoms with van der Waals surface area (Å²) in [7, 11) is 0. The van der Waals surface area contributed by atoms with Gasteiger partial charge >= 0.3 is 0 Å². The van der Waals surface area contributed by atoms with Crippen LogP contribution in [-0.4, -0.2) is 32.1 Å². The minimum absolute atomic E-state index is 0.191. The maximum atomic E-state index is 11.8. The van der Waals surface area contributed by atoms with Gasteiger partial charge < -0.3 is 10.5 Å². The van der Waals surface area contributed by atoms with Gasteiger partial charge in [0, 0.05) is 29.4 Å². The molecule has 7 nitrogen and oxygen atoms in total. The van der Waals surface area contributed by atoms with Crippen molar-refractivity contribution in [1.29, 1.82) is 0 Å². The van der Waals surface area contributed by atoms with Crippen LogP contribution in [0.15, 0.2) is 48.7 Å². The highest BCUT2D eigenvalue weighted by Gasteiger charge is 2.24. The van der Waals surface area contributed by atoms with Crippen molar-refractivity contribution in [3.63, 3.8) is 0 Å². The van der Waals surface area contributed by atoms with E-state index in [1.54, 1.807) is 6.20 Å². The first-order valence-corrected chi connectivity index (χ1v) is 10.5. The van der Waals surface area contributed by atoms with Gasteiger partial charge in [-0.2, -0.15) is 5.10 Å². The summed E-state index contributed by atoms with van der Waals surface area (Å²) in [6, 6.07) is 13.5. The number of nitrogen functional groups attached to an aromatic ring is 1. The number of aromatic amines is 1. The first-order chi connectivity index (χ1) is 15.1. The van der Waals surface area contributed by atoms with E-state index in [2.05, 4.69) is 15.2 Å². The zero-order valence-corrected chi connectivity index (χ0v) is 17.4. The number of aromatic nitrogens is 4. The summed E-state index contributed by atoms with van der Waals surface area (Å²) in [6.45, 7) is 0. The second kappa shape index (κ2) is 8.00. The molecule has 1 atom stereocenters. The summed E-state index contributed by atoms with van der Waals surface area (Å²) in [5.74, 6) is 0.620. The second-order valence-corrected chi connectivity index (χ2v) is 8.05. The molecule has 8 heteroatoms. The van der Waals surface area contributed by atoms with Gasteiger partial charge in [0.05, 0.1) is 22.4 Å². The number of rotatable bonds is 4. The maximum absolute atomic E-state index is 11.8. The average Bonchev–Trinajstić information content (AvgIpc) is 3.25. The first kappa shape index (κ1) is 19.5. The normalized spacial score (nSPS) is 16.5. The SMILES string of the molecule is Nc1nc(-c2ccccc2)c(-c2cc(Cl)c3[nH]ncc3c2)nc1OC1CCCC(=O)C1. The van der Waals surface area contributed by atoms with E-state index < -0.39 is 0 Å². The fraction of sp³-hybridized carbons (Fsp3) is 0.217. The molecule has 0 amide bonds. The van der Waals surface area contributed by atoms with Gasteiger partial charge in [0.2, 0.25) is 0 Å². The molecular weight excluding hydrogens is 414 g/mol. The zero-order chi connectivity index (χ0) is 21.4. The van der Waals surface area contributed by atoms with Crippen molar-refractivity contribution < 1.29 is 9.53 Å². The summed E-state index contributed by atoms with van der Waals surface area (Å²) in [5, 5.41) is 8.36. The Balaban J connectivity index is 1.64. The Morgan fingerprint density at radius 1 is 1.10 bits per heavy atom. The molecule has 1 saturated carbocycles. The highest BCUT2D eigenvalue weighted by atomic mass is 35.5. The summed E-state index contributed by atoms with van der Waals surface area (Å²) in [5.41, 5.74) is 9.87. The number of nitrogens with zero attached hydrogens (tertiary/aromatic N) is 3. The van der Waals surface area contributed by atoms with Crippen molar-refractivity contribution >= 4 is 34.1 Å². The van der Waals surface area contributed by atoms with E-state index in [9.17, 15) is 4.79 Å². The van der Waals surface area contributed by atoms with Crippen molar-refractivity contribution in [3.8, 4) is 28.4 Å². The molecule has 4 aromatic rings. The van der Waals surface area contributed by atoms with Gasteiger partial charge in [0.25, 0.3) is 5.88 Å². The number of hydrogen-bond acceptors (Lipinski definition) is 6. The second-order valence-electron chi connectivity index (χ2n) is 7.64. The van der Waals surface area contributed by atoms with Gasteiger partial charge in [0.15, 0.2) is 5.82 Å². The van der Waals surface area contributed by atoms with Crippen molar-refractivity contribution in [1.82, 2.24) is 20.2 Å². The third-order valence-corrected chi connectivity index (χ3v) is 5.72. The number of ether oxygens (including phenoxy) is 1. The van der Waals surface area contributed by atoms with Gasteiger partial charge in [-0.3, -0.25) is 9.89 Å². The quantitative estimate of drug-likeness (QED) is 0.478. The summed E-state index contributed by atoms with van der Waals surface area (Å²) in [6.07, 6.45) is 4.02. The van der Waals surface area contributed by atoms with E-state index in [0.29, 0.717) is 29.3 Å². The molecular formula is C23H20ClN5O2. The van der Waals surface area contributed by atoms with Crippen molar-refractivity contribution in [2.75, 3.05) is 5.73 Å². The Bertz CT molecular complexity index is 1270.